The number of hydrogen-bond acceptors (Lipinski definition) is 3. The Morgan fingerprint density at radius 1 is 1.32 bits per heavy atom. The lowest BCUT2D eigenvalue weighted by Crippen LogP contribution is -2.39. The highest BCUT2D eigenvalue weighted by molar-refractivity contribution is 5.99. The predicted octanol–water partition coefficient (Wildman–Crippen LogP) is 2.10. The molecule has 1 aromatic heterocycles. The number of H-pyrrole nitrogens is 1. The number of aryl methyl sites for hydroxylation is 1. The van der Waals surface area contributed by atoms with E-state index in [4.69, 9.17) is 5.73 Å². The van der Waals surface area contributed by atoms with Crippen LogP contribution in [0.25, 0.3) is 0 Å². The molecule has 1 saturated heterocycles. The van der Waals surface area contributed by atoms with Gasteiger partial charge in [-0.15, -0.1) is 0 Å². The molecule has 2 heterocycles. The van der Waals surface area contributed by atoms with Gasteiger partial charge in [-0.05, 0) is 38.5 Å². The Bertz CT molecular complexity index is 456. The lowest BCUT2D eigenvalue weighted by Gasteiger charge is -2.29. The summed E-state index contributed by atoms with van der Waals surface area (Å²) in [5.41, 5.74) is 7.17. The average Bonchev–Trinajstić information content (AvgIpc) is 3.08. The first-order valence-electron chi connectivity index (χ1n) is 7.30. The molecule has 1 atom stereocenters. The Morgan fingerprint density at radius 3 is 2.68 bits per heavy atom. The lowest BCUT2D eigenvalue weighted by molar-refractivity contribution is 0.0689. The first-order chi connectivity index (χ1) is 9.18. The van der Waals surface area contributed by atoms with Crippen LogP contribution in [0.5, 0.6) is 0 Å². The molecule has 1 saturated carbocycles. The summed E-state index contributed by atoms with van der Waals surface area (Å²) in [6.45, 7) is 2.72. The van der Waals surface area contributed by atoms with Gasteiger partial charge in [0.2, 0.25) is 0 Å². The second-order valence-electron chi connectivity index (χ2n) is 5.86. The maximum atomic E-state index is 12.7. The number of likely N-dealkylation sites (tertiary alicyclic amines) is 1. The van der Waals surface area contributed by atoms with Gasteiger partial charge in [0.1, 0.15) is 5.56 Å². The van der Waals surface area contributed by atoms with Crippen LogP contribution in [0.3, 0.4) is 0 Å². The molecule has 2 fully saturated rings. The highest BCUT2D eigenvalue weighted by Crippen LogP contribution is 2.36. The zero-order chi connectivity index (χ0) is 13.4. The summed E-state index contributed by atoms with van der Waals surface area (Å²) >= 11 is 0. The van der Waals surface area contributed by atoms with Gasteiger partial charge in [-0.1, -0.05) is 12.8 Å². The molecule has 1 aromatic rings. The normalized spacial score (nSPS) is 24.3. The van der Waals surface area contributed by atoms with E-state index in [-0.39, 0.29) is 5.91 Å². The van der Waals surface area contributed by atoms with Crippen LogP contribution in [0.2, 0.25) is 0 Å². The summed E-state index contributed by atoms with van der Waals surface area (Å²) in [6.07, 6.45) is 7.44. The number of amides is 1. The molecule has 3 N–H and O–H groups in total. The molecule has 5 heteroatoms. The van der Waals surface area contributed by atoms with Gasteiger partial charge in [0.05, 0.1) is 0 Å². The van der Waals surface area contributed by atoms with E-state index in [2.05, 4.69) is 10.2 Å². The predicted molar refractivity (Wildman–Crippen MR) is 73.8 cm³/mol. The molecule has 1 unspecified atom stereocenters. The lowest BCUT2D eigenvalue weighted by atomic mass is 9.95. The molecule has 2 aliphatic rings. The second-order valence-corrected chi connectivity index (χ2v) is 5.86. The van der Waals surface area contributed by atoms with Crippen molar-refractivity contribution < 1.29 is 4.79 Å². The Hall–Kier alpha value is -1.52. The summed E-state index contributed by atoms with van der Waals surface area (Å²) in [5.74, 6) is 1.10. The molecule has 0 bridgehead atoms. The summed E-state index contributed by atoms with van der Waals surface area (Å²) in [5, 5.41) is 6.74. The van der Waals surface area contributed by atoms with E-state index in [1.54, 1.807) is 0 Å². The van der Waals surface area contributed by atoms with E-state index in [0.29, 0.717) is 23.3 Å². The third kappa shape index (κ3) is 2.11. The summed E-state index contributed by atoms with van der Waals surface area (Å²) < 4.78 is 0. The molecule has 0 spiro atoms. The average molecular weight is 262 g/mol. The number of rotatable bonds is 2. The highest BCUT2D eigenvalue weighted by atomic mass is 16.2. The minimum Gasteiger partial charge on any atom is -0.382 e. The molecule has 1 aliphatic carbocycles. The van der Waals surface area contributed by atoms with Crippen LogP contribution in [0.15, 0.2) is 0 Å². The maximum absolute atomic E-state index is 12.7. The first-order valence-corrected chi connectivity index (χ1v) is 7.30. The molecule has 104 valence electrons. The van der Waals surface area contributed by atoms with Gasteiger partial charge in [0, 0.05) is 18.3 Å². The van der Waals surface area contributed by atoms with E-state index < -0.39 is 0 Å². The topological polar surface area (TPSA) is 75.0 Å². The van der Waals surface area contributed by atoms with Gasteiger partial charge in [0.25, 0.3) is 5.91 Å². The zero-order valence-electron chi connectivity index (χ0n) is 11.5. The smallest absolute Gasteiger partial charge is 0.259 e. The third-order valence-electron chi connectivity index (χ3n) is 4.69. The van der Waals surface area contributed by atoms with Crippen molar-refractivity contribution in [1.82, 2.24) is 15.1 Å². The van der Waals surface area contributed by atoms with Crippen molar-refractivity contribution in [2.24, 2.45) is 5.92 Å². The van der Waals surface area contributed by atoms with Gasteiger partial charge in [-0.3, -0.25) is 9.89 Å². The van der Waals surface area contributed by atoms with E-state index in [9.17, 15) is 4.79 Å². The Balaban J connectivity index is 1.82. The number of nitrogens with one attached hydrogen (secondary N) is 1. The summed E-state index contributed by atoms with van der Waals surface area (Å²) in [6, 6.07) is 0.420. The molecule has 1 aliphatic heterocycles. The molecular weight excluding hydrogens is 240 g/mol. The SMILES string of the molecule is Cc1[nH]nc(N)c1C(=O)N1CCCC1C1CCCC1. The van der Waals surface area contributed by atoms with Crippen LogP contribution in [0.1, 0.15) is 54.6 Å². The maximum Gasteiger partial charge on any atom is 0.259 e. The molecule has 1 amide bonds. The fraction of sp³-hybridized carbons (Fsp3) is 0.714. The van der Waals surface area contributed by atoms with Crippen LogP contribution >= 0.6 is 0 Å². The minimum atomic E-state index is 0.0677. The van der Waals surface area contributed by atoms with Gasteiger partial charge >= 0.3 is 0 Å². The number of hydrogen-bond donors (Lipinski definition) is 2. The number of carbonyl (C=O) groups excluding carboxylic acids is 1. The monoisotopic (exact) mass is 262 g/mol. The van der Waals surface area contributed by atoms with Crippen molar-refractivity contribution in [1.29, 1.82) is 0 Å². The second kappa shape index (κ2) is 4.87. The molecule has 5 nitrogen and oxygen atoms in total. The summed E-state index contributed by atoms with van der Waals surface area (Å²) in [7, 11) is 0. The van der Waals surface area contributed by atoms with Crippen molar-refractivity contribution in [3.8, 4) is 0 Å². The Morgan fingerprint density at radius 2 is 2.05 bits per heavy atom. The van der Waals surface area contributed by atoms with E-state index in [1.165, 1.54) is 25.7 Å². The Kier molecular flexibility index (Phi) is 3.21. The van der Waals surface area contributed by atoms with Crippen LogP contribution in [-0.4, -0.2) is 33.6 Å². The van der Waals surface area contributed by atoms with Crippen molar-refractivity contribution in [2.75, 3.05) is 12.3 Å². The summed E-state index contributed by atoms with van der Waals surface area (Å²) in [4.78, 5) is 14.7. The van der Waals surface area contributed by atoms with Crippen LogP contribution in [0, 0.1) is 12.8 Å². The molecule has 3 rings (SSSR count). The van der Waals surface area contributed by atoms with Gasteiger partial charge < -0.3 is 10.6 Å². The van der Waals surface area contributed by atoms with Crippen molar-refractivity contribution in [3.63, 3.8) is 0 Å². The molecular formula is C14H22N4O. The van der Waals surface area contributed by atoms with Crippen molar-refractivity contribution in [3.05, 3.63) is 11.3 Å². The van der Waals surface area contributed by atoms with Crippen molar-refractivity contribution >= 4 is 11.7 Å². The van der Waals surface area contributed by atoms with Gasteiger partial charge in [0.15, 0.2) is 5.82 Å². The molecule has 0 aromatic carbocycles. The van der Waals surface area contributed by atoms with Crippen LogP contribution in [0.4, 0.5) is 5.82 Å². The van der Waals surface area contributed by atoms with Gasteiger partial charge in [-0.2, -0.15) is 5.10 Å². The Labute approximate surface area is 113 Å². The zero-order valence-corrected chi connectivity index (χ0v) is 11.5. The largest absolute Gasteiger partial charge is 0.382 e. The number of aromatic nitrogens is 2. The highest BCUT2D eigenvalue weighted by Gasteiger charge is 2.37. The molecule has 0 radical (unpaired) electrons. The quantitative estimate of drug-likeness (QED) is 0.857. The van der Waals surface area contributed by atoms with Gasteiger partial charge in [-0.25, -0.2) is 0 Å². The minimum absolute atomic E-state index is 0.0677. The number of anilines is 1. The number of nitrogens with zero attached hydrogens (tertiary/aromatic N) is 2. The fourth-order valence-corrected chi connectivity index (χ4v) is 3.74. The third-order valence-corrected chi connectivity index (χ3v) is 4.69. The van der Waals surface area contributed by atoms with Crippen LogP contribution < -0.4 is 5.73 Å². The van der Waals surface area contributed by atoms with E-state index >= 15 is 0 Å². The van der Waals surface area contributed by atoms with E-state index in [1.807, 2.05) is 11.8 Å². The first kappa shape index (κ1) is 12.5. The fourth-order valence-electron chi connectivity index (χ4n) is 3.74. The van der Waals surface area contributed by atoms with Crippen molar-refractivity contribution in [2.45, 2.75) is 51.5 Å². The number of carbonyl (C=O) groups is 1. The van der Waals surface area contributed by atoms with Crippen LogP contribution in [-0.2, 0) is 0 Å². The molecule has 19 heavy (non-hydrogen) atoms. The van der Waals surface area contributed by atoms with E-state index in [0.717, 1.165) is 25.1 Å². The standard InChI is InChI=1S/C14H22N4O/c1-9-12(13(15)17-16-9)14(19)18-8-4-7-11(18)10-5-2-3-6-10/h10-11H,2-8H2,1H3,(H3,15,16,17). The number of aromatic amines is 1. The number of nitrogen functional groups attached to an aromatic ring is 1. The number of nitrogens with two attached hydrogens (primary N) is 1.